The van der Waals surface area contributed by atoms with E-state index in [2.05, 4.69) is 4.98 Å². The molecule has 0 saturated heterocycles. The molecule has 0 bridgehead atoms. The Bertz CT molecular complexity index is 505. The predicted octanol–water partition coefficient (Wildman–Crippen LogP) is 0.526. The Balaban J connectivity index is 2.12. The minimum absolute atomic E-state index is 0.156. The van der Waals surface area contributed by atoms with Crippen LogP contribution in [-0.2, 0) is 0 Å². The molecule has 1 heterocycles. The molecule has 1 aliphatic carbocycles. The molecule has 5 heteroatoms. The van der Waals surface area contributed by atoms with Gasteiger partial charge in [-0.15, -0.1) is 0 Å². The second-order valence-electron chi connectivity index (χ2n) is 4.96. The molecule has 1 aliphatic rings. The highest BCUT2D eigenvalue weighted by atomic mass is 16.3. The van der Waals surface area contributed by atoms with Crippen molar-refractivity contribution in [1.82, 2.24) is 9.88 Å². The molecule has 18 heavy (non-hydrogen) atoms. The summed E-state index contributed by atoms with van der Waals surface area (Å²) in [6.45, 7) is 2.00. The number of aromatic nitrogens is 1. The Morgan fingerprint density at radius 1 is 1.61 bits per heavy atom. The minimum Gasteiger partial charge on any atom is -0.391 e. The Morgan fingerprint density at radius 2 is 2.28 bits per heavy atom. The highest BCUT2D eigenvalue weighted by Gasteiger charge is 2.31. The van der Waals surface area contributed by atoms with Gasteiger partial charge in [0.2, 0.25) is 0 Å². The summed E-state index contributed by atoms with van der Waals surface area (Å²) in [5.74, 6) is -0.0237. The average Bonchev–Trinajstić information content (AvgIpc) is 3.12. The number of hydrogen-bond donors (Lipinski definition) is 2. The van der Waals surface area contributed by atoms with Gasteiger partial charge in [-0.05, 0) is 37.3 Å². The second-order valence-corrected chi connectivity index (χ2v) is 4.96. The number of nitrogens with zero attached hydrogens (tertiary/aromatic N) is 1. The molecule has 0 aliphatic heterocycles. The van der Waals surface area contributed by atoms with Crippen LogP contribution < -0.4 is 5.56 Å². The molecule has 5 nitrogen and oxygen atoms in total. The quantitative estimate of drug-likeness (QED) is 0.818. The Kier molecular flexibility index (Phi) is 3.52. The molecule has 1 aromatic rings. The number of carbonyl (C=O) groups excluding carboxylic acids is 1. The SMILES string of the molecule is Cc1cc[nH]c(=O)c1C(=O)N(C)CC(O)C1CC1. The van der Waals surface area contributed by atoms with Crippen molar-refractivity contribution >= 4 is 5.91 Å². The molecule has 98 valence electrons. The van der Waals surface area contributed by atoms with Gasteiger partial charge >= 0.3 is 0 Å². The van der Waals surface area contributed by atoms with Gasteiger partial charge in [0.05, 0.1) is 6.10 Å². The van der Waals surface area contributed by atoms with E-state index in [1.807, 2.05) is 0 Å². The summed E-state index contributed by atoms with van der Waals surface area (Å²) >= 11 is 0. The number of likely N-dealkylation sites (N-methyl/N-ethyl adjacent to an activating group) is 1. The van der Waals surface area contributed by atoms with Gasteiger partial charge < -0.3 is 15.0 Å². The number of H-pyrrole nitrogens is 1. The van der Waals surface area contributed by atoms with Crippen LogP contribution in [0.25, 0.3) is 0 Å². The van der Waals surface area contributed by atoms with E-state index in [-0.39, 0.29) is 23.6 Å². The molecule has 1 fully saturated rings. The van der Waals surface area contributed by atoms with E-state index in [0.29, 0.717) is 11.5 Å². The number of carbonyl (C=O) groups is 1. The van der Waals surface area contributed by atoms with Gasteiger partial charge in [0.15, 0.2) is 0 Å². The smallest absolute Gasteiger partial charge is 0.261 e. The molecule has 2 rings (SSSR count). The molecular formula is C13H18N2O3. The van der Waals surface area contributed by atoms with Crippen molar-refractivity contribution in [1.29, 1.82) is 0 Å². The predicted molar refractivity (Wildman–Crippen MR) is 67.5 cm³/mol. The van der Waals surface area contributed by atoms with Crippen molar-refractivity contribution in [3.05, 3.63) is 33.7 Å². The lowest BCUT2D eigenvalue weighted by molar-refractivity contribution is 0.0643. The molecule has 1 amide bonds. The van der Waals surface area contributed by atoms with Gasteiger partial charge in [0, 0.05) is 19.8 Å². The topological polar surface area (TPSA) is 73.4 Å². The van der Waals surface area contributed by atoms with Crippen molar-refractivity contribution in [3.63, 3.8) is 0 Å². The lowest BCUT2D eigenvalue weighted by Crippen LogP contribution is -2.38. The van der Waals surface area contributed by atoms with E-state index in [0.717, 1.165) is 12.8 Å². The highest BCUT2D eigenvalue weighted by Crippen LogP contribution is 2.32. The maximum Gasteiger partial charge on any atom is 0.261 e. The van der Waals surface area contributed by atoms with Crippen LogP contribution in [0.3, 0.4) is 0 Å². The van der Waals surface area contributed by atoms with E-state index < -0.39 is 6.10 Å². The zero-order valence-electron chi connectivity index (χ0n) is 10.6. The molecular weight excluding hydrogens is 232 g/mol. The van der Waals surface area contributed by atoms with Crippen LogP contribution in [0, 0.1) is 12.8 Å². The van der Waals surface area contributed by atoms with Gasteiger partial charge in [0.1, 0.15) is 5.56 Å². The summed E-state index contributed by atoms with van der Waals surface area (Å²) in [6, 6.07) is 1.69. The average molecular weight is 250 g/mol. The normalized spacial score (nSPS) is 16.4. The third kappa shape index (κ3) is 2.61. The zero-order chi connectivity index (χ0) is 13.3. The van der Waals surface area contributed by atoms with E-state index in [9.17, 15) is 14.7 Å². The number of rotatable bonds is 4. The summed E-state index contributed by atoms with van der Waals surface area (Å²) in [5.41, 5.74) is 0.423. The monoisotopic (exact) mass is 250 g/mol. The highest BCUT2D eigenvalue weighted by molar-refractivity contribution is 5.95. The summed E-state index contributed by atoms with van der Waals surface area (Å²) < 4.78 is 0. The maximum atomic E-state index is 12.2. The van der Waals surface area contributed by atoms with Gasteiger partial charge in [-0.2, -0.15) is 0 Å². The van der Waals surface area contributed by atoms with Crippen LogP contribution in [0.15, 0.2) is 17.1 Å². The van der Waals surface area contributed by atoms with Crippen molar-refractivity contribution in [2.45, 2.75) is 25.9 Å². The fraction of sp³-hybridized carbons (Fsp3) is 0.538. The summed E-state index contributed by atoms with van der Waals surface area (Å²) in [4.78, 5) is 27.7. The van der Waals surface area contributed by atoms with Gasteiger partial charge in [0.25, 0.3) is 11.5 Å². The number of nitrogens with one attached hydrogen (secondary N) is 1. The number of hydrogen-bond acceptors (Lipinski definition) is 3. The summed E-state index contributed by atoms with van der Waals surface area (Å²) in [6.07, 6.45) is 3.08. The van der Waals surface area contributed by atoms with Crippen molar-refractivity contribution in [2.75, 3.05) is 13.6 Å². The Morgan fingerprint density at radius 3 is 2.83 bits per heavy atom. The number of aryl methyl sites for hydroxylation is 1. The first-order valence-electron chi connectivity index (χ1n) is 6.12. The Hall–Kier alpha value is -1.62. The standard InChI is InChI=1S/C13H18N2O3/c1-8-5-6-14-12(17)11(8)13(18)15(2)7-10(16)9-3-4-9/h5-6,9-10,16H,3-4,7H2,1-2H3,(H,14,17). The van der Waals surface area contributed by atoms with Crippen LogP contribution in [0.4, 0.5) is 0 Å². The van der Waals surface area contributed by atoms with Crippen LogP contribution in [-0.4, -0.2) is 40.6 Å². The van der Waals surface area contributed by atoms with E-state index in [1.54, 1.807) is 20.0 Å². The molecule has 2 N–H and O–H groups in total. The molecule has 1 unspecified atom stereocenters. The zero-order valence-corrected chi connectivity index (χ0v) is 10.6. The van der Waals surface area contributed by atoms with Crippen LogP contribution in [0.5, 0.6) is 0 Å². The van der Waals surface area contributed by atoms with Crippen LogP contribution in [0.2, 0.25) is 0 Å². The first kappa shape index (κ1) is 12.8. The number of aliphatic hydroxyl groups excluding tert-OH is 1. The van der Waals surface area contributed by atoms with Crippen molar-refractivity contribution in [2.24, 2.45) is 5.92 Å². The Labute approximate surface area is 105 Å². The molecule has 0 spiro atoms. The van der Waals surface area contributed by atoms with Crippen molar-refractivity contribution < 1.29 is 9.90 Å². The minimum atomic E-state index is -0.484. The molecule has 0 aromatic carbocycles. The third-order valence-corrected chi connectivity index (χ3v) is 3.36. The van der Waals surface area contributed by atoms with Crippen molar-refractivity contribution in [3.8, 4) is 0 Å². The number of aliphatic hydroxyl groups is 1. The fourth-order valence-electron chi connectivity index (χ4n) is 2.03. The van der Waals surface area contributed by atoms with Crippen LogP contribution >= 0.6 is 0 Å². The van der Waals surface area contributed by atoms with E-state index in [4.69, 9.17) is 0 Å². The summed E-state index contributed by atoms with van der Waals surface area (Å²) in [5, 5.41) is 9.81. The first-order valence-corrected chi connectivity index (χ1v) is 6.12. The molecule has 1 saturated carbocycles. The lowest BCUT2D eigenvalue weighted by Gasteiger charge is -2.21. The number of amides is 1. The fourth-order valence-corrected chi connectivity index (χ4v) is 2.03. The van der Waals surface area contributed by atoms with Gasteiger partial charge in [-0.25, -0.2) is 0 Å². The molecule has 0 radical (unpaired) electrons. The van der Waals surface area contributed by atoms with Crippen LogP contribution in [0.1, 0.15) is 28.8 Å². The lowest BCUT2D eigenvalue weighted by atomic mass is 10.1. The van der Waals surface area contributed by atoms with Gasteiger partial charge in [-0.3, -0.25) is 9.59 Å². The van der Waals surface area contributed by atoms with E-state index >= 15 is 0 Å². The number of aromatic amines is 1. The third-order valence-electron chi connectivity index (χ3n) is 3.36. The van der Waals surface area contributed by atoms with Gasteiger partial charge in [-0.1, -0.05) is 0 Å². The number of pyridine rings is 1. The maximum absolute atomic E-state index is 12.2. The largest absolute Gasteiger partial charge is 0.391 e. The molecule has 1 aromatic heterocycles. The first-order chi connectivity index (χ1) is 8.50. The second kappa shape index (κ2) is 4.94. The molecule has 1 atom stereocenters. The van der Waals surface area contributed by atoms with E-state index in [1.165, 1.54) is 11.1 Å². The summed E-state index contributed by atoms with van der Waals surface area (Å²) in [7, 11) is 1.61.